The number of hydrogen-bond acceptors (Lipinski definition) is 4. The molecule has 114 valence electrons. The van der Waals surface area contributed by atoms with Crippen LogP contribution >= 0.6 is 11.8 Å². The van der Waals surface area contributed by atoms with Gasteiger partial charge in [0.1, 0.15) is 0 Å². The van der Waals surface area contributed by atoms with E-state index in [0.29, 0.717) is 17.1 Å². The van der Waals surface area contributed by atoms with Gasteiger partial charge in [0.05, 0.1) is 4.90 Å². The Balaban J connectivity index is 2.65. The second-order valence-corrected chi connectivity index (χ2v) is 7.63. The number of benzene rings is 1. The molecule has 1 aromatic rings. The fraction of sp³-hybridized carbons (Fsp3) is 0.571. The quantitative estimate of drug-likeness (QED) is 0.571. The third kappa shape index (κ3) is 5.00. The summed E-state index contributed by atoms with van der Waals surface area (Å²) in [4.78, 5) is 0.291. The van der Waals surface area contributed by atoms with Gasteiger partial charge in [-0.2, -0.15) is 11.8 Å². The van der Waals surface area contributed by atoms with E-state index in [0.717, 1.165) is 36.1 Å². The van der Waals surface area contributed by atoms with Crippen molar-refractivity contribution in [2.24, 2.45) is 0 Å². The maximum absolute atomic E-state index is 12.3. The van der Waals surface area contributed by atoms with Crippen molar-refractivity contribution in [1.29, 1.82) is 0 Å². The molecule has 3 N–H and O–H groups in total. The van der Waals surface area contributed by atoms with E-state index >= 15 is 0 Å². The average molecular weight is 316 g/mol. The van der Waals surface area contributed by atoms with Crippen LogP contribution in [0.5, 0.6) is 0 Å². The van der Waals surface area contributed by atoms with Crippen LogP contribution < -0.4 is 10.5 Å². The maximum Gasteiger partial charge on any atom is 0.240 e. The van der Waals surface area contributed by atoms with E-state index in [1.165, 1.54) is 6.07 Å². The van der Waals surface area contributed by atoms with Gasteiger partial charge in [-0.1, -0.05) is 6.42 Å². The molecule has 0 amide bonds. The first-order chi connectivity index (χ1) is 9.38. The largest absolute Gasteiger partial charge is 0.399 e. The maximum atomic E-state index is 12.3. The monoisotopic (exact) mass is 316 g/mol. The van der Waals surface area contributed by atoms with Crippen molar-refractivity contribution in [2.45, 2.75) is 38.0 Å². The van der Waals surface area contributed by atoms with Gasteiger partial charge in [0.15, 0.2) is 0 Å². The Hall–Kier alpha value is -0.720. The molecule has 0 radical (unpaired) electrons. The summed E-state index contributed by atoms with van der Waals surface area (Å²) < 4.78 is 27.2. The number of nitrogens with two attached hydrogens (primary N) is 1. The van der Waals surface area contributed by atoms with E-state index in [2.05, 4.69) is 11.0 Å². The van der Waals surface area contributed by atoms with Crippen molar-refractivity contribution in [3.63, 3.8) is 0 Å². The molecule has 0 heterocycles. The Morgan fingerprint density at radius 2 is 1.90 bits per heavy atom. The smallest absolute Gasteiger partial charge is 0.240 e. The second kappa shape index (κ2) is 7.90. The molecule has 1 aromatic carbocycles. The predicted octanol–water partition coefficient (Wildman–Crippen LogP) is 2.70. The SMILES string of the molecule is CSCCCCCNS(=O)(=O)c1cc(N)cc(C)c1C. The molecule has 0 spiro atoms. The summed E-state index contributed by atoms with van der Waals surface area (Å²) in [5, 5.41) is 0. The number of aryl methyl sites for hydroxylation is 1. The van der Waals surface area contributed by atoms with Gasteiger partial charge >= 0.3 is 0 Å². The van der Waals surface area contributed by atoms with Crippen LogP contribution in [0, 0.1) is 13.8 Å². The number of nitrogens with one attached hydrogen (secondary N) is 1. The fourth-order valence-electron chi connectivity index (χ4n) is 1.97. The first kappa shape index (κ1) is 17.3. The highest BCUT2D eigenvalue weighted by Gasteiger charge is 2.17. The van der Waals surface area contributed by atoms with Crippen LogP contribution in [0.25, 0.3) is 0 Å². The van der Waals surface area contributed by atoms with Crippen LogP contribution in [-0.2, 0) is 10.0 Å². The zero-order chi connectivity index (χ0) is 15.2. The van der Waals surface area contributed by atoms with Crippen molar-refractivity contribution in [3.05, 3.63) is 23.3 Å². The molecule has 0 aromatic heterocycles. The molecule has 4 nitrogen and oxygen atoms in total. The molecule has 0 bridgehead atoms. The van der Waals surface area contributed by atoms with Crippen molar-refractivity contribution >= 4 is 27.5 Å². The summed E-state index contributed by atoms with van der Waals surface area (Å²) in [7, 11) is -3.46. The summed E-state index contributed by atoms with van der Waals surface area (Å²) in [5.41, 5.74) is 7.87. The van der Waals surface area contributed by atoms with Gasteiger partial charge < -0.3 is 5.73 Å². The third-order valence-corrected chi connectivity index (χ3v) is 5.53. The lowest BCUT2D eigenvalue weighted by Crippen LogP contribution is -2.25. The van der Waals surface area contributed by atoms with Crippen LogP contribution in [0.3, 0.4) is 0 Å². The molecule has 0 saturated heterocycles. The van der Waals surface area contributed by atoms with Gasteiger partial charge in [0, 0.05) is 12.2 Å². The van der Waals surface area contributed by atoms with Gasteiger partial charge in [-0.15, -0.1) is 0 Å². The molecule has 1 rings (SSSR count). The Morgan fingerprint density at radius 3 is 2.55 bits per heavy atom. The minimum absolute atomic E-state index is 0.291. The summed E-state index contributed by atoms with van der Waals surface area (Å²) in [5.74, 6) is 1.13. The van der Waals surface area contributed by atoms with Crippen LogP contribution in [0.15, 0.2) is 17.0 Å². The molecule has 0 aliphatic carbocycles. The molecule has 0 unspecified atom stereocenters. The van der Waals surface area contributed by atoms with Gasteiger partial charge in [-0.05, 0) is 62.0 Å². The minimum atomic E-state index is -3.46. The molecule has 0 aliphatic rings. The van der Waals surface area contributed by atoms with Crippen molar-refractivity contribution in [1.82, 2.24) is 4.72 Å². The van der Waals surface area contributed by atoms with Crippen LogP contribution in [0.4, 0.5) is 5.69 Å². The van der Waals surface area contributed by atoms with Gasteiger partial charge in [0.25, 0.3) is 0 Å². The Bertz CT molecular complexity index is 542. The van der Waals surface area contributed by atoms with E-state index < -0.39 is 10.0 Å². The zero-order valence-electron chi connectivity index (χ0n) is 12.4. The summed E-state index contributed by atoms with van der Waals surface area (Å²) in [6.07, 6.45) is 5.10. The molecule has 0 aliphatic heterocycles. The second-order valence-electron chi connectivity index (χ2n) is 4.91. The number of rotatable bonds is 8. The predicted molar refractivity (Wildman–Crippen MR) is 87.7 cm³/mol. The van der Waals surface area contributed by atoms with Crippen molar-refractivity contribution in [2.75, 3.05) is 24.3 Å². The molecule has 0 atom stereocenters. The number of unbranched alkanes of at least 4 members (excludes halogenated alkanes) is 2. The molecule has 20 heavy (non-hydrogen) atoms. The standard InChI is InChI=1S/C14H24N2O2S2/c1-11-9-13(15)10-14(12(11)2)20(17,18)16-7-5-4-6-8-19-3/h9-10,16H,4-8,15H2,1-3H3. The van der Waals surface area contributed by atoms with E-state index in [4.69, 9.17) is 5.73 Å². The van der Waals surface area contributed by atoms with Gasteiger partial charge in [0.2, 0.25) is 10.0 Å². The number of anilines is 1. The number of sulfonamides is 1. The molecule has 0 saturated carbocycles. The lowest BCUT2D eigenvalue weighted by molar-refractivity contribution is 0.575. The average Bonchev–Trinajstić information content (AvgIpc) is 2.37. The first-order valence-electron chi connectivity index (χ1n) is 6.74. The van der Waals surface area contributed by atoms with E-state index in [-0.39, 0.29) is 0 Å². The van der Waals surface area contributed by atoms with Crippen molar-refractivity contribution in [3.8, 4) is 0 Å². The molecular weight excluding hydrogens is 292 g/mol. The van der Waals surface area contributed by atoms with Crippen LogP contribution in [-0.4, -0.2) is 27.0 Å². The van der Waals surface area contributed by atoms with Crippen molar-refractivity contribution < 1.29 is 8.42 Å². The Kier molecular flexibility index (Phi) is 6.85. The van der Waals surface area contributed by atoms with E-state index in [9.17, 15) is 8.42 Å². The highest BCUT2D eigenvalue weighted by atomic mass is 32.2. The minimum Gasteiger partial charge on any atom is -0.399 e. The zero-order valence-corrected chi connectivity index (χ0v) is 14.0. The van der Waals surface area contributed by atoms with Crippen LogP contribution in [0.2, 0.25) is 0 Å². The lowest BCUT2D eigenvalue weighted by atomic mass is 10.1. The summed E-state index contributed by atoms with van der Waals surface area (Å²) >= 11 is 1.81. The summed E-state index contributed by atoms with van der Waals surface area (Å²) in [6, 6.07) is 3.31. The van der Waals surface area contributed by atoms with Gasteiger partial charge in [-0.3, -0.25) is 0 Å². The molecular formula is C14H24N2O2S2. The van der Waals surface area contributed by atoms with Crippen LogP contribution in [0.1, 0.15) is 30.4 Å². The number of hydrogen-bond donors (Lipinski definition) is 2. The first-order valence-corrected chi connectivity index (χ1v) is 9.61. The normalized spacial score (nSPS) is 11.8. The number of nitrogen functional groups attached to an aromatic ring is 1. The molecule has 6 heteroatoms. The van der Waals surface area contributed by atoms with E-state index in [1.807, 2.05) is 25.6 Å². The van der Waals surface area contributed by atoms with Gasteiger partial charge in [-0.25, -0.2) is 13.1 Å². The highest BCUT2D eigenvalue weighted by molar-refractivity contribution is 7.98. The highest BCUT2D eigenvalue weighted by Crippen LogP contribution is 2.22. The third-order valence-electron chi connectivity index (χ3n) is 3.25. The lowest BCUT2D eigenvalue weighted by Gasteiger charge is -2.12. The fourth-order valence-corrected chi connectivity index (χ4v) is 3.88. The Morgan fingerprint density at radius 1 is 1.20 bits per heavy atom. The molecule has 0 fully saturated rings. The Labute approximate surface area is 126 Å². The number of thioether (sulfide) groups is 1. The van der Waals surface area contributed by atoms with E-state index in [1.54, 1.807) is 6.07 Å². The summed E-state index contributed by atoms with van der Waals surface area (Å²) in [6.45, 7) is 4.15. The topological polar surface area (TPSA) is 72.2 Å².